The first-order valence-corrected chi connectivity index (χ1v) is 8.15. The molecule has 1 amide bonds. The molecule has 0 atom stereocenters. The molecule has 0 aliphatic carbocycles. The molecule has 136 valence electrons. The Balaban J connectivity index is 1.70. The molecule has 0 fully saturated rings. The molecule has 1 aliphatic rings. The van der Waals surface area contributed by atoms with Crippen molar-refractivity contribution in [3.8, 4) is 23.0 Å². The van der Waals surface area contributed by atoms with Gasteiger partial charge in [0.05, 0.1) is 26.9 Å². The van der Waals surface area contributed by atoms with Crippen molar-refractivity contribution < 1.29 is 23.7 Å². The van der Waals surface area contributed by atoms with E-state index in [4.69, 9.17) is 18.9 Å². The molecule has 3 rings (SSSR count). The van der Waals surface area contributed by atoms with Crippen LogP contribution < -0.4 is 24.3 Å². The number of carbonyl (C=O) groups is 1. The monoisotopic (exact) mass is 355 g/mol. The van der Waals surface area contributed by atoms with Crippen molar-refractivity contribution in [1.29, 1.82) is 0 Å². The van der Waals surface area contributed by atoms with Gasteiger partial charge in [0.1, 0.15) is 6.61 Å². The number of amides is 1. The first kappa shape index (κ1) is 17.7. The highest BCUT2D eigenvalue weighted by molar-refractivity contribution is 5.99. The van der Waals surface area contributed by atoms with E-state index in [0.717, 1.165) is 11.1 Å². The minimum Gasteiger partial charge on any atom is -0.493 e. The molecule has 1 aliphatic heterocycles. The molecular formula is C20H21NO5. The molecule has 1 heterocycles. The highest BCUT2D eigenvalue weighted by atomic mass is 16.5. The van der Waals surface area contributed by atoms with E-state index in [-0.39, 0.29) is 12.5 Å². The van der Waals surface area contributed by atoms with Gasteiger partial charge in [0, 0.05) is 12.1 Å². The Bertz CT molecular complexity index is 844. The van der Waals surface area contributed by atoms with Crippen molar-refractivity contribution in [2.24, 2.45) is 0 Å². The molecule has 0 saturated heterocycles. The molecule has 6 nitrogen and oxygen atoms in total. The predicted octanol–water partition coefficient (Wildman–Crippen LogP) is 2.80. The fourth-order valence-corrected chi connectivity index (χ4v) is 2.76. The zero-order chi connectivity index (χ0) is 18.5. The zero-order valence-electron chi connectivity index (χ0n) is 15.0. The summed E-state index contributed by atoms with van der Waals surface area (Å²) < 4.78 is 21.5. The number of fused-ring (bicyclic) bond motifs is 1. The average Bonchev–Trinajstić information content (AvgIpc) is 2.70. The van der Waals surface area contributed by atoms with Crippen LogP contribution in [0.1, 0.15) is 11.1 Å². The molecule has 0 bridgehead atoms. The van der Waals surface area contributed by atoms with Crippen molar-refractivity contribution >= 4 is 12.0 Å². The van der Waals surface area contributed by atoms with E-state index in [9.17, 15) is 4.79 Å². The first-order chi connectivity index (χ1) is 12.7. The summed E-state index contributed by atoms with van der Waals surface area (Å²) in [5.74, 6) is 2.42. The Morgan fingerprint density at radius 3 is 2.54 bits per heavy atom. The molecular weight excluding hydrogens is 334 g/mol. The standard InChI is InChI=1S/C20H21NO5/c1-23-16-8-7-13(9-18(16)25-3)11-21-20(22)15-10-14-5-4-6-17(24-2)19(14)26-12-15/h4-10H,11-12H2,1-3H3,(H,21,22). The summed E-state index contributed by atoms with van der Waals surface area (Å²) in [5, 5.41) is 2.90. The molecule has 0 saturated carbocycles. The van der Waals surface area contributed by atoms with Crippen molar-refractivity contribution in [3.63, 3.8) is 0 Å². The highest BCUT2D eigenvalue weighted by Gasteiger charge is 2.20. The fraction of sp³-hybridized carbons (Fsp3) is 0.250. The van der Waals surface area contributed by atoms with E-state index in [0.29, 0.717) is 35.1 Å². The average molecular weight is 355 g/mol. The van der Waals surface area contributed by atoms with Gasteiger partial charge < -0.3 is 24.3 Å². The zero-order valence-corrected chi connectivity index (χ0v) is 15.0. The van der Waals surface area contributed by atoms with Crippen molar-refractivity contribution in [3.05, 3.63) is 53.1 Å². The summed E-state index contributed by atoms with van der Waals surface area (Å²) in [6.07, 6.45) is 1.82. The second-order valence-corrected chi connectivity index (χ2v) is 5.71. The second kappa shape index (κ2) is 7.82. The van der Waals surface area contributed by atoms with E-state index < -0.39 is 0 Å². The van der Waals surface area contributed by atoms with Gasteiger partial charge in [-0.15, -0.1) is 0 Å². The van der Waals surface area contributed by atoms with Crippen molar-refractivity contribution in [2.45, 2.75) is 6.54 Å². The number of benzene rings is 2. The molecule has 2 aromatic carbocycles. The van der Waals surface area contributed by atoms with Gasteiger partial charge in [-0.1, -0.05) is 18.2 Å². The van der Waals surface area contributed by atoms with Crippen molar-refractivity contribution in [1.82, 2.24) is 5.32 Å². The van der Waals surface area contributed by atoms with Gasteiger partial charge in [-0.2, -0.15) is 0 Å². The Morgan fingerprint density at radius 2 is 1.81 bits per heavy atom. The molecule has 6 heteroatoms. The van der Waals surface area contributed by atoms with Crippen LogP contribution in [0.3, 0.4) is 0 Å². The van der Waals surface area contributed by atoms with Crippen LogP contribution in [-0.4, -0.2) is 33.8 Å². The van der Waals surface area contributed by atoms with Gasteiger partial charge in [-0.3, -0.25) is 4.79 Å². The number of rotatable bonds is 6. The first-order valence-electron chi connectivity index (χ1n) is 8.15. The lowest BCUT2D eigenvalue weighted by Gasteiger charge is -2.19. The molecule has 0 aromatic heterocycles. The van der Waals surface area contributed by atoms with Crippen LogP contribution in [0, 0.1) is 0 Å². The lowest BCUT2D eigenvalue weighted by molar-refractivity contribution is -0.117. The van der Waals surface area contributed by atoms with Crippen LogP contribution in [0.25, 0.3) is 6.08 Å². The van der Waals surface area contributed by atoms with E-state index >= 15 is 0 Å². The number of nitrogens with one attached hydrogen (secondary N) is 1. The van der Waals surface area contributed by atoms with E-state index in [1.165, 1.54) is 0 Å². The molecule has 0 spiro atoms. The van der Waals surface area contributed by atoms with Gasteiger partial charge in [0.15, 0.2) is 23.0 Å². The quantitative estimate of drug-likeness (QED) is 0.863. The predicted molar refractivity (Wildman–Crippen MR) is 97.9 cm³/mol. The minimum atomic E-state index is -0.173. The Morgan fingerprint density at radius 1 is 1.04 bits per heavy atom. The summed E-state index contributed by atoms with van der Waals surface area (Å²) in [6, 6.07) is 11.1. The van der Waals surface area contributed by atoms with Crippen molar-refractivity contribution in [2.75, 3.05) is 27.9 Å². The van der Waals surface area contributed by atoms with Crippen LogP contribution in [0.5, 0.6) is 23.0 Å². The fourth-order valence-electron chi connectivity index (χ4n) is 2.76. The lowest BCUT2D eigenvalue weighted by atomic mass is 10.1. The number of para-hydroxylation sites is 1. The second-order valence-electron chi connectivity index (χ2n) is 5.71. The van der Waals surface area contributed by atoms with E-state index in [2.05, 4.69) is 5.32 Å². The summed E-state index contributed by atoms with van der Waals surface area (Å²) in [6.45, 7) is 0.576. The van der Waals surface area contributed by atoms with Crippen LogP contribution in [0.2, 0.25) is 0 Å². The van der Waals surface area contributed by atoms with Gasteiger partial charge >= 0.3 is 0 Å². The number of methoxy groups -OCH3 is 3. The third-order valence-corrected chi connectivity index (χ3v) is 4.12. The Kier molecular flexibility index (Phi) is 5.31. The third-order valence-electron chi connectivity index (χ3n) is 4.12. The SMILES string of the molecule is COc1ccc(CNC(=O)C2=Cc3cccc(OC)c3OC2)cc1OC. The van der Waals surface area contributed by atoms with Gasteiger partial charge in [0.2, 0.25) is 0 Å². The highest BCUT2D eigenvalue weighted by Crippen LogP contribution is 2.35. The molecule has 1 N–H and O–H groups in total. The number of carbonyl (C=O) groups excluding carboxylic acids is 1. The normalized spacial score (nSPS) is 12.3. The lowest BCUT2D eigenvalue weighted by Crippen LogP contribution is -2.28. The maximum absolute atomic E-state index is 12.5. The third kappa shape index (κ3) is 3.59. The van der Waals surface area contributed by atoms with Crippen LogP contribution in [-0.2, 0) is 11.3 Å². The minimum absolute atomic E-state index is 0.173. The molecule has 0 unspecified atom stereocenters. The summed E-state index contributed by atoms with van der Waals surface area (Å²) >= 11 is 0. The van der Waals surface area contributed by atoms with Crippen LogP contribution in [0.4, 0.5) is 0 Å². The summed E-state index contributed by atoms with van der Waals surface area (Å²) in [7, 11) is 4.76. The van der Waals surface area contributed by atoms with Gasteiger partial charge in [-0.25, -0.2) is 0 Å². The maximum atomic E-state index is 12.5. The maximum Gasteiger partial charge on any atom is 0.250 e. The topological polar surface area (TPSA) is 66.0 Å². The summed E-state index contributed by atoms with van der Waals surface area (Å²) in [5.41, 5.74) is 2.30. The van der Waals surface area contributed by atoms with Crippen LogP contribution in [0.15, 0.2) is 42.0 Å². The van der Waals surface area contributed by atoms with E-state index in [1.54, 1.807) is 21.3 Å². The Hall–Kier alpha value is -3.15. The largest absolute Gasteiger partial charge is 0.493 e. The van der Waals surface area contributed by atoms with Gasteiger partial charge in [-0.05, 0) is 29.8 Å². The molecule has 2 aromatic rings. The Labute approximate surface area is 152 Å². The number of hydrogen-bond acceptors (Lipinski definition) is 5. The smallest absolute Gasteiger partial charge is 0.250 e. The van der Waals surface area contributed by atoms with Crippen LogP contribution >= 0.6 is 0 Å². The summed E-state index contributed by atoms with van der Waals surface area (Å²) in [4.78, 5) is 12.5. The molecule has 0 radical (unpaired) electrons. The molecule has 26 heavy (non-hydrogen) atoms. The van der Waals surface area contributed by atoms with Gasteiger partial charge in [0.25, 0.3) is 5.91 Å². The number of ether oxygens (including phenoxy) is 4. The number of hydrogen-bond donors (Lipinski definition) is 1. The van der Waals surface area contributed by atoms with E-state index in [1.807, 2.05) is 42.5 Å².